The largest absolute Gasteiger partial charge is 0.341 e. The average molecular weight is 313 g/mol. The molecular weight excluding hydrogens is 292 g/mol. The Hall–Kier alpha value is -0.870. The summed E-state index contributed by atoms with van der Waals surface area (Å²) in [6.07, 6.45) is 0.358. The van der Waals surface area contributed by atoms with Gasteiger partial charge < -0.3 is 10.6 Å². The molecule has 0 spiro atoms. The molecule has 0 bridgehead atoms. The molecule has 0 aliphatic rings. The van der Waals surface area contributed by atoms with Gasteiger partial charge in [0, 0.05) is 30.0 Å². The van der Waals surface area contributed by atoms with Crippen LogP contribution in [-0.2, 0) is 11.3 Å². The van der Waals surface area contributed by atoms with Crippen LogP contribution in [0.15, 0.2) is 22.7 Å². The zero-order chi connectivity index (χ0) is 13.9. The van der Waals surface area contributed by atoms with Crippen molar-refractivity contribution in [3.8, 4) is 0 Å². The zero-order valence-electron chi connectivity index (χ0n) is 11.5. The van der Waals surface area contributed by atoms with E-state index in [0.717, 1.165) is 10.0 Å². The van der Waals surface area contributed by atoms with Crippen molar-refractivity contribution in [2.75, 3.05) is 7.05 Å². The van der Waals surface area contributed by atoms with Crippen molar-refractivity contribution in [3.63, 3.8) is 0 Å². The number of nitrogens with two attached hydrogens (primary N) is 1. The fourth-order valence-electron chi connectivity index (χ4n) is 1.68. The van der Waals surface area contributed by atoms with Crippen LogP contribution < -0.4 is 5.73 Å². The first-order valence-electron chi connectivity index (χ1n) is 5.97. The molecule has 0 aromatic heterocycles. The number of aryl methyl sites for hydroxylation is 1. The molecule has 0 saturated heterocycles. The van der Waals surface area contributed by atoms with Crippen LogP contribution in [0.5, 0.6) is 0 Å². The number of nitrogens with zero attached hydrogens (tertiary/aromatic N) is 1. The second-order valence-corrected chi connectivity index (χ2v) is 6.40. The van der Waals surface area contributed by atoms with Crippen molar-refractivity contribution >= 4 is 21.8 Å². The van der Waals surface area contributed by atoms with E-state index < -0.39 is 5.54 Å². The molecule has 2 N–H and O–H groups in total. The van der Waals surface area contributed by atoms with Gasteiger partial charge >= 0.3 is 0 Å². The predicted octanol–water partition coefficient (Wildman–Crippen LogP) is 2.84. The number of benzene rings is 1. The second kappa shape index (κ2) is 5.85. The molecule has 1 rings (SSSR count). The smallest absolute Gasteiger partial charge is 0.224 e. The van der Waals surface area contributed by atoms with E-state index in [1.807, 2.05) is 46.0 Å². The Morgan fingerprint density at radius 3 is 2.61 bits per heavy atom. The van der Waals surface area contributed by atoms with E-state index in [-0.39, 0.29) is 5.91 Å². The van der Waals surface area contributed by atoms with Gasteiger partial charge in [-0.15, -0.1) is 0 Å². The topological polar surface area (TPSA) is 46.3 Å². The second-order valence-electron chi connectivity index (χ2n) is 5.49. The Labute approximate surface area is 117 Å². The van der Waals surface area contributed by atoms with Gasteiger partial charge in [0.05, 0.1) is 0 Å². The predicted molar refractivity (Wildman–Crippen MR) is 78.2 cm³/mol. The average Bonchev–Trinajstić information content (AvgIpc) is 2.21. The van der Waals surface area contributed by atoms with Crippen molar-refractivity contribution in [2.45, 2.75) is 39.3 Å². The van der Waals surface area contributed by atoms with Gasteiger partial charge in [-0.25, -0.2) is 0 Å². The minimum absolute atomic E-state index is 0.0712. The van der Waals surface area contributed by atoms with Crippen molar-refractivity contribution < 1.29 is 4.79 Å². The Morgan fingerprint density at radius 2 is 2.06 bits per heavy atom. The van der Waals surface area contributed by atoms with Gasteiger partial charge in [-0.2, -0.15) is 0 Å². The maximum Gasteiger partial charge on any atom is 0.224 e. The van der Waals surface area contributed by atoms with Gasteiger partial charge in [0.2, 0.25) is 5.91 Å². The third-order valence-corrected chi connectivity index (χ3v) is 3.24. The minimum Gasteiger partial charge on any atom is -0.341 e. The summed E-state index contributed by atoms with van der Waals surface area (Å²) in [7, 11) is 1.81. The number of carbonyl (C=O) groups excluding carboxylic acids is 1. The molecule has 3 nitrogen and oxygen atoms in total. The Bertz CT molecular complexity index is 438. The van der Waals surface area contributed by atoms with Crippen molar-refractivity contribution in [2.24, 2.45) is 5.73 Å². The van der Waals surface area contributed by atoms with E-state index in [1.54, 1.807) is 4.90 Å². The van der Waals surface area contributed by atoms with Crippen LogP contribution in [0, 0.1) is 6.92 Å². The molecule has 0 unspecified atom stereocenters. The van der Waals surface area contributed by atoms with Crippen molar-refractivity contribution in [3.05, 3.63) is 33.8 Å². The van der Waals surface area contributed by atoms with Gasteiger partial charge in [0.15, 0.2) is 0 Å². The van der Waals surface area contributed by atoms with E-state index in [9.17, 15) is 4.79 Å². The van der Waals surface area contributed by atoms with E-state index in [2.05, 4.69) is 15.9 Å². The highest BCUT2D eigenvalue weighted by atomic mass is 79.9. The molecule has 0 heterocycles. The number of hydrogen-bond donors (Lipinski definition) is 1. The molecule has 0 aliphatic heterocycles. The standard InChI is InChI=1S/C14H21BrN2O/c1-10-5-6-12(15)7-11(10)9-17(4)13(18)8-14(2,3)16/h5-7H,8-9,16H2,1-4H3. The van der Waals surface area contributed by atoms with Crippen LogP contribution in [0.3, 0.4) is 0 Å². The molecule has 0 aliphatic carbocycles. The Morgan fingerprint density at radius 1 is 1.44 bits per heavy atom. The molecule has 0 radical (unpaired) electrons. The highest BCUT2D eigenvalue weighted by Crippen LogP contribution is 2.18. The fourth-order valence-corrected chi connectivity index (χ4v) is 2.09. The summed E-state index contributed by atoms with van der Waals surface area (Å²) in [6.45, 7) is 6.39. The first-order chi connectivity index (χ1) is 8.19. The van der Waals surface area contributed by atoms with E-state index in [1.165, 1.54) is 5.56 Å². The molecule has 0 saturated carbocycles. The van der Waals surface area contributed by atoms with Crippen LogP contribution in [0.1, 0.15) is 31.4 Å². The van der Waals surface area contributed by atoms with Gasteiger partial charge in [0.25, 0.3) is 0 Å². The zero-order valence-corrected chi connectivity index (χ0v) is 13.0. The lowest BCUT2D eigenvalue weighted by Gasteiger charge is -2.24. The molecule has 1 aromatic carbocycles. The summed E-state index contributed by atoms with van der Waals surface area (Å²) in [6, 6.07) is 6.10. The molecule has 18 heavy (non-hydrogen) atoms. The van der Waals surface area contributed by atoms with Crippen molar-refractivity contribution in [1.82, 2.24) is 4.90 Å². The van der Waals surface area contributed by atoms with Gasteiger partial charge in [0.1, 0.15) is 0 Å². The van der Waals surface area contributed by atoms with Gasteiger partial charge in [-0.3, -0.25) is 4.79 Å². The molecule has 4 heteroatoms. The summed E-state index contributed by atoms with van der Waals surface area (Å²) in [5, 5.41) is 0. The fraction of sp³-hybridized carbons (Fsp3) is 0.500. The summed E-state index contributed by atoms with van der Waals surface area (Å²) >= 11 is 3.45. The molecule has 0 atom stereocenters. The van der Waals surface area contributed by atoms with E-state index in [4.69, 9.17) is 5.73 Å². The molecule has 0 fully saturated rings. The Balaban J connectivity index is 2.72. The molecular formula is C14H21BrN2O. The quantitative estimate of drug-likeness (QED) is 0.929. The number of hydrogen-bond acceptors (Lipinski definition) is 2. The third kappa shape index (κ3) is 4.78. The van der Waals surface area contributed by atoms with Crippen LogP contribution in [-0.4, -0.2) is 23.4 Å². The monoisotopic (exact) mass is 312 g/mol. The summed E-state index contributed by atoms with van der Waals surface area (Å²) in [5.74, 6) is 0.0712. The molecule has 100 valence electrons. The highest BCUT2D eigenvalue weighted by molar-refractivity contribution is 9.10. The number of amides is 1. The lowest BCUT2D eigenvalue weighted by molar-refractivity contribution is -0.131. The number of rotatable bonds is 4. The number of carbonyl (C=O) groups is 1. The van der Waals surface area contributed by atoms with Crippen molar-refractivity contribution in [1.29, 1.82) is 0 Å². The maximum absolute atomic E-state index is 12.0. The van der Waals surface area contributed by atoms with Crippen LogP contribution in [0.2, 0.25) is 0 Å². The lowest BCUT2D eigenvalue weighted by atomic mass is 10.0. The lowest BCUT2D eigenvalue weighted by Crippen LogP contribution is -2.39. The van der Waals surface area contributed by atoms with Crippen LogP contribution >= 0.6 is 15.9 Å². The van der Waals surface area contributed by atoms with Crippen LogP contribution in [0.25, 0.3) is 0 Å². The van der Waals surface area contributed by atoms with Crippen LogP contribution in [0.4, 0.5) is 0 Å². The molecule has 1 aromatic rings. The summed E-state index contributed by atoms with van der Waals surface area (Å²) in [5.41, 5.74) is 7.74. The third-order valence-electron chi connectivity index (χ3n) is 2.75. The first kappa shape index (κ1) is 15.2. The van der Waals surface area contributed by atoms with Gasteiger partial charge in [-0.05, 0) is 44.0 Å². The normalized spacial score (nSPS) is 11.4. The van der Waals surface area contributed by atoms with Gasteiger partial charge in [-0.1, -0.05) is 22.0 Å². The Kier molecular flexibility index (Phi) is 4.93. The summed E-state index contributed by atoms with van der Waals surface area (Å²) < 4.78 is 1.03. The van der Waals surface area contributed by atoms with E-state index >= 15 is 0 Å². The number of halogens is 1. The maximum atomic E-state index is 12.0. The summed E-state index contributed by atoms with van der Waals surface area (Å²) in [4.78, 5) is 13.7. The van der Waals surface area contributed by atoms with E-state index in [0.29, 0.717) is 13.0 Å². The highest BCUT2D eigenvalue weighted by Gasteiger charge is 2.19. The molecule has 1 amide bonds. The SMILES string of the molecule is Cc1ccc(Br)cc1CN(C)C(=O)CC(C)(C)N. The first-order valence-corrected chi connectivity index (χ1v) is 6.76. The minimum atomic E-state index is -0.461.